The second-order valence-electron chi connectivity index (χ2n) is 4.49. The number of nitrogens with zero attached hydrogens (tertiary/aromatic N) is 1. The van der Waals surface area contributed by atoms with E-state index in [-0.39, 0.29) is 5.91 Å². The van der Waals surface area contributed by atoms with E-state index in [0.29, 0.717) is 19.6 Å². The summed E-state index contributed by atoms with van der Waals surface area (Å²) in [4.78, 5) is 13.5. The number of hydrogen-bond donors (Lipinski definition) is 0. The molecule has 0 aromatic heterocycles. The molecule has 1 aromatic rings. The third-order valence-electron chi connectivity index (χ3n) is 2.95. The van der Waals surface area contributed by atoms with Gasteiger partial charge in [0.1, 0.15) is 18.1 Å². The molecule has 112 valence electrons. The van der Waals surface area contributed by atoms with Gasteiger partial charge in [-0.25, -0.2) is 0 Å². The Morgan fingerprint density at radius 1 is 1.20 bits per heavy atom. The molecule has 0 aliphatic heterocycles. The standard InChI is InChI=1S/C15H22BrNO3/c1-17(15(18)5-3-4-10-16)11-12-20-14-8-6-13(19-2)7-9-14/h6-9H,3-5,10-12H2,1-2H3. The van der Waals surface area contributed by atoms with Crippen LogP contribution in [0.2, 0.25) is 0 Å². The minimum absolute atomic E-state index is 0.171. The number of rotatable bonds is 9. The first kappa shape index (κ1) is 16.8. The second-order valence-corrected chi connectivity index (χ2v) is 5.28. The van der Waals surface area contributed by atoms with Gasteiger partial charge in [0, 0.05) is 18.8 Å². The molecule has 0 aliphatic carbocycles. The molecule has 0 radical (unpaired) electrons. The first-order chi connectivity index (χ1) is 9.67. The van der Waals surface area contributed by atoms with Gasteiger partial charge in [-0.2, -0.15) is 0 Å². The summed E-state index contributed by atoms with van der Waals surface area (Å²) in [6.07, 6.45) is 2.56. The van der Waals surface area contributed by atoms with E-state index in [1.54, 1.807) is 12.0 Å². The highest BCUT2D eigenvalue weighted by molar-refractivity contribution is 9.09. The highest BCUT2D eigenvalue weighted by Crippen LogP contribution is 2.16. The minimum Gasteiger partial charge on any atom is -0.497 e. The number of likely N-dealkylation sites (N-methyl/N-ethyl adjacent to an activating group) is 1. The van der Waals surface area contributed by atoms with Crippen molar-refractivity contribution in [1.82, 2.24) is 4.90 Å². The van der Waals surface area contributed by atoms with Crippen molar-refractivity contribution in [2.75, 3.05) is 32.6 Å². The Bertz CT molecular complexity index is 395. The smallest absolute Gasteiger partial charge is 0.222 e. The third kappa shape index (κ3) is 6.28. The third-order valence-corrected chi connectivity index (χ3v) is 3.52. The second kappa shape index (κ2) is 9.64. The van der Waals surface area contributed by atoms with E-state index in [4.69, 9.17) is 9.47 Å². The average Bonchev–Trinajstić information content (AvgIpc) is 2.48. The van der Waals surface area contributed by atoms with Crippen LogP contribution in [0.25, 0.3) is 0 Å². The molecule has 1 amide bonds. The van der Waals surface area contributed by atoms with Crippen LogP contribution in [0.3, 0.4) is 0 Å². The highest BCUT2D eigenvalue weighted by Gasteiger charge is 2.07. The summed E-state index contributed by atoms with van der Waals surface area (Å²) < 4.78 is 10.7. The maximum Gasteiger partial charge on any atom is 0.222 e. The summed E-state index contributed by atoms with van der Waals surface area (Å²) in [5, 5.41) is 0.949. The van der Waals surface area contributed by atoms with Crippen molar-refractivity contribution in [3.63, 3.8) is 0 Å². The van der Waals surface area contributed by atoms with Crippen LogP contribution >= 0.6 is 15.9 Å². The fraction of sp³-hybridized carbons (Fsp3) is 0.533. The van der Waals surface area contributed by atoms with E-state index < -0.39 is 0 Å². The zero-order chi connectivity index (χ0) is 14.8. The summed E-state index contributed by atoms with van der Waals surface area (Å²) in [6.45, 7) is 1.09. The lowest BCUT2D eigenvalue weighted by Gasteiger charge is -2.17. The van der Waals surface area contributed by atoms with Gasteiger partial charge in [0.05, 0.1) is 13.7 Å². The molecule has 5 heteroatoms. The van der Waals surface area contributed by atoms with E-state index in [0.717, 1.165) is 29.7 Å². The van der Waals surface area contributed by atoms with Gasteiger partial charge in [-0.15, -0.1) is 0 Å². The quantitative estimate of drug-likeness (QED) is 0.510. The van der Waals surface area contributed by atoms with Crippen LogP contribution in [-0.2, 0) is 4.79 Å². The first-order valence-corrected chi connectivity index (χ1v) is 7.86. The van der Waals surface area contributed by atoms with E-state index in [1.807, 2.05) is 31.3 Å². The normalized spacial score (nSPS) is 10.2. The molecule has 0 unspecified atom stereocenters. The monoisotopic (exact) mass is 343 g/mol. The van der Waals surface area contributed by atoms with E-state index in [9.17, 15) is 4.79 Å². The molecule has 0 saturated heterocycles. The summed E-state index contributed by atoms with van der Waals surface area (Å²) in [7, 11) is 3.44. The minimum atomic E-state index is 0.171. The molecule has 0 heterocycles. The maximum absolute atomic E-state index is 11.8. The fourth-order valence-corrected chi connectivity index (χ4v) is 2.06. The largest absolute Gasteiger partial charge is 0.497 e. The number of hydrogen-bond acceptors (Lipinski definition) is 3. The van der Waals surface area contributed by atoms with Crippen LogP contribution < -0.4 is 9.47 Å². The highest BCUT2D eigenvalue weighted by atomic mass is 79.9. The van der Waals surface area contributed by atoms with Crippen LogP contribution in [-0.4, -0.2) is 43.4 Å². The van der Waals surface area contributed by atoms with E-state index in [1.165, 1.54) is 0 Å². The molecule has 1 rings (SSSR count). The van der Waals surface area contributed by atoms with Crippen molar-refractivity contribution < 1.29 is 14.3 Å². The van der Waals surface area contributed by atoms with Gasteiger partial charge >= 0.3 is 0 Å². The van der Waals surface area contributed by atoms with Gasteiger partial charge in [-0.05, 0) is 37.1 Å². The van der Waals surface area contributed by atoms with Crippen molar-refractivity contribution in [1.29, 1.82) is 0 Å². The maximum atomic E-state index is 11.8. The van der Waals surface area contributed by atoms with Gasteiger partial charge in [0.25, 0.3) is 0 Å². The number of carbonyl (C=O) groups excluding carboxylic acids is 1. The molecule has 0 aliphatic rings. The Kier molecular flexibility index (Phi) is 8.11. The average molecular weight is 344 g/mol. The van der Waals surface area contributed by atoms with Crippen LogP contribution in [0.15, 0.2) is 24.3 Å². The van der Waals surface area contributed by atoms with Gasteiger partial charge in [-0.1, -0.05) is 15.9 Å². The Balaban J connectivity index is 2.23. The van der Waals surface area contributed by atoms with Crippen LogP contribution in [0.5, 0.6) is 11.5 Å². The molecule has 20 heavy (non-hydrogen) atoms. The van der Waals surface area contributed by atoms with Gasteiger partial charge < -0.3 is 14.4 Å². The Morgan fingerprint density at radius 2 is 1.85 bits per heavy atom. The van der Waals surface area contributed by atoms with Gasteiger partial charge in [-0.3, -0.25) is 4.79 Å². The zero-order valence-electron chi connectivity index (χ0n) is 12.1. The Morgan fingerprint density at radius 3 is 2.45 bits per heavy atom. The number of methoxy groups -OCH3 is 1. The topological polar surface area (TPSA) is 38.8 Å². The van der Waals surface area contributed by atoms with Crippen molar-refractivity contribution in [2.45, 2.75) is 19.3 Å². The van der Waals surface area contributed by atoms with Crippen molar-refractivity contribution in [3.8, 4) is 11.5 Å². The van der Waals surface area contributed by atoms with Crippen LogP contribution in [0.4, 0.5) is 0 Å². The number of halogens is 1. The molecule has 0 saturated carbocycles. The van der Waals surface area contributed by atoms with Crippen molar-refractivity contribution in [2.24, 2.45) is 0 Å². The zero-order valence-corrected chi connectivity index (χ0v) is 13.7. The molecule has 0 spiro atoms. The van der Waals surface area contributed by atoms with Gasteiger partial charge in [0.15, 0.2) is 0 Å². The Labute approximate surface area is 129 Å². The number of carbonyl (C=O) groups is 1. The molecule has 0 fully saturated rings. The number of benzene rings is 1. The first-order valence-electron chi connectivity index (χ1n) is 6.74. The lowest BCUT2D eigenvalue weighted by Crippen LogP contribution is -2.30. The van der Waals surface area contributed by atoms with Crippen LogP contribution in [0.1, 0.15) is 19.3 Å². The molecule has 1 aromatic carbocycles. The SMILES string of the molecule is COc1ccc(OCCN(C)C(=O)CCCCBr)cc1. The van der Waals surface area contributed by atoms with E-state index >= 15 is 0 Å². The summed E-state index contributed by atoms with van der Waals surface area (Å²) in [5.41, 5.74) is 0. The molecule has 0 N–H and O–H groups in total. The van der Waals surface area contributed by atoms with Crippen molar-refractivity contribution >= 4 is 21.8 Å². The number of amides is 1. The summed E-state index contributed by atoms with van der Waals surface area (Å²) >= 11 is 3.36. The van der Waals surface area contributed by atoms with Crippen molar-refractivity contribution in [3.05, 3.63) is 24.3 Å². The predicted molar refractivity (Wildman–Crippen MR) is 83.8 cm³/mol. The molecule has 4 nitrogen and oxygen atoms in total. The fourth-order valence-electron chi connectivity index (χ4n) is 1.66. The Hall–Kier alpha value is -1.23. The number of alkyl halides is 1. The number of ether oxygens (including phenoxy) is 2. The van der Waals surface area contributed by atoms with E-state index in [2.05, 4.69) is 15.9 Å². The molecule has 0 bridgehead atoms. The summed E-state index contributed by atoms with van der Waals surface area (Å²) in [6, 6.07) is 7.42. The summed E-state index contributed by atoms with van der Waals surface area (Å²) in [5.74, 6) is 1.76. The lowest BCUT2D eigenvalue weighted by atomic mass is 10.2. The van der Waals surface area contributed by atoms with Crippen LogP contribution in [0, 0.1) is 0 Å². The molecular formula is C15H22BrNO3. The number of unbranched alkanes of at least 4 members (excludes halogenated alkanes) is 1. The predicted octanol–water partition coefficient (Wildman–Crippen LogP) is 3.10. The van der Waals surface area contributed by atoms with Gasteiger partial charge in [0.2, 0.25) is 5.91 Å². The molecular weight excluding hydrogens is 322 g/mol. The molecule has 0 atom stereocenters. The lowest BCUT2D eigenvalue weighted by molar-refractivity contribution is -0.130.